The van der Waals surface area contributed by atoms with Crippen molar-refractivity contribution in [1.82, 2.24) is 4.98 Å². The van der Waals surface area contributed by atoms with Crippen LogP contribution in [-0.2, 0) is 34.5 Å². The van der Waals surface area contributed by atoms with Crippen LogP contribution in [0.4, 0.5) is 0 Å². The quantitative estimate of drug-likeness (QED) is 0.204. The molecule has 0 saturated heterocycles. The molecule has 1 N–H and O–H groups in total. The van der Waals surface area contributed by atoms with Gasteiger partial charge >= 0.3 is 0 Å². The van der Waals surface area contributed by atoms with Gasteiger partial charge in [-0.1, -0.05) is 91.0 Å². The van der Waals surface area contributed by atoms with Gasteiger partial charge in [-0.15, -0.1) is 0 Å². The molecule has 0 radical (unpaired) electrons. The molecule has 0 aliphatic heterocycles. The van der Waals surface area contributed by atoms with Gasteiger partial charge in [-0.2, -0.15) is 35.3 Å². The second-order valence-corrected chi connectivity index (χ2v) is 11.3. The van der Waals surface area contributed by atoms with Gasteiger partial charge < -0.3 is 5.11 Å². The van der Waals surface area contributed by atoms with Gasteiger partial charge in [0.1, 0.15) is 5.75 Å². The predicted molar refractivity (Wildman–Crippen MR) is 155 cm³/mol. The van der Waals surface area contributed by atoms with Crippen LogP contribution < -0.4 is 0 Å². The summed E-state index contributed by atoms with van der Waals surface area (Å²) in [5, 5.41) is 11.0. The Hall–Kier alpha value is -2.34. The zero-order chi connectivity index (χ0) is 24.3. The average Bonchev–Trinajstić information content (AvgIpc) is 2.90. The maximum absolute atomic E-state index is 11.0. The van der Waals surface area contributed by atoms with E-state index in [0.717, 1.165) is 51.5 Å². The minimum absolute atomic E-state index is 0.359. The lowest BCUT2D eigenvalue weighted by molar-refractivity contribution is 0.461. The number of aromatic nitrogens is 1. The lowest BCUT2D eigenvalue weighted by atomic mass is 10.1. The highest BCUT2D eigenvalue weighted by atomic mass is 32.2. The molecule has 1 aromatic heterocycles. The number of aromatic hydroxyl groups is 1. The normalized spacial score (nSPS) is 11.0. The number of hydrogen-bond donors (Lipinski definition) is 1. The van der Waals surface area contributed by atoms with Gasteiger partial charge in [0, 0.05) is 40.1 Å². The molecule has 2 nitrogen and oxygen atoms in total. The molecule has 1 heterocycles. The molecule has 0 spiro atoms. The molecule has 4 rings (SSSR count). The van der Waals surface area contributed by atoms with Crippen molar-refractivity contribution in [1.29, 1.82) is 0 Å². The third kappa shape index (κ3) is 7.83. The van der Waals surface area contributed by atoms with Gasteiger partial charge in [0.2, 0.25) is 0 Å². The van der Waals surface area contributed by atoms with Crippen molar-refractivity contribution >= 4 is 35.3 Å². The number of hydrogen-bond acceptors (Lipinski definition) is 5. The summed E-state index contributed by atoms with van der Waals surface area (Å²) in [5.41, 5.74) is 8.05. The molecular formula is C30H31NOS3. The van der Waals surface area contributed by atoms with Gasteiger partial charge in [0.05, 0.1) is 11.4 Å². The van der Waals surface area contributed by atoms with Crippen molar-refractivity contribution in [3.63, 3.8) is 0 Å². The van der Waals surface area contributed by atoms with E-state index in [1.807, 2.05) is 48.3 Å². The molecule has 4 aromatic rings. The topological polar surface area (TPSA) is 33.1 Å². The third-order valence-corrected chi connectivity index (χ3v) is 8.79. The molecule has 0 atom stereocenters. The minimum Gasteiger partial charge on any atom is -0.506 e. The van der Waals surface area contributed by atoms with Crippen molar-refractivity contribution in [2.24, 2.45) is 0 Å². The molecule has 5 heteroatoms. The summed E-state index contributed by atoms with van der Waals surface area (Å²) >= 11 is 5.63. The van der Waals surface area contributed by atoms with Crippen molar-refractivity contribution in [2.45, 2.75) is 41.4 Å². The van der Waals surface area contributed by atoms with Crippen LogP contribution in [0, 0.1) is 6.92 Å². The lowest BCUT2D eigenvalue weighted by Gasteiger charge is -2.18. The smallest absolute Gasteiger partial charge is 0.141 e. The number of nitrogens with zero attached hydrogens (tertiary/aromatic N) is 1. The summed E-state index contributed by atoms with van der Waals surface area (Å²) in [6, 6.07) is 31.7. The van der Waals surface area contributed by atoms with Gasteiger partial charge in [-0.05, 0) is 29.2 Å². The second kappa shape index (κ2) is 13.7. The average molecular weight is 518 g/mol. The van der Waals surface area contributed by atoms with Crippen molar-refractivity contribution in [3.05, 3.63) is 130 Å². The molecule has 0 unspecified atom stereocenters. The summed E-state index contributed by atoms with van der Waals surface area (Å²) in [7, 11) is 0. The number of aryl methyl sites for hydroxylation is 1. The van der Waals surface area contributed by atoms with Gasteiger partial charge in [-0.3, -0.25) is 4.98 Å². The summed E-state index contributed by atoms with van der Waals surface area (Å²) in [6.07, 6.45) is 0. The standard InChI is InChI=1S/C30H31NOS3/c1-23-30(32)28(21-34-18-25-13-7-3-8-14-25)27(20-33-17-24-11-5-2-6-12-24)29(31-23)22-35-19-26-15-9-4-10-16-26/h2-16,32H,17-22H2,1H3. The molecule has 3 aromatic carbocycles. The summed E-state index contributed by atoms with van der Waals surface area (Å²) in [6.45, 7) is 1.92. The zero-order valence-corrected chi connectivity index (χ0v) is 22.5. The molecule has 0 fully saturated rings. The van der Waals surface area contributed by atoms with Crippen molar-refractivity contribution < 1.29 is 5.11 Å². The van der Waals surface area contributed by atoms with Crippen LogP contribution in [0.3, 0.4) is 0 Å². The van der Waals surface area contributed by atoms with Gasteiger partial charge in [-0.25, -0.2) is 0 Å². The lowest BCUT2D eigenvalue weighted by Crippen LogP contribution is -2.05. The van der Waals surface area contributed by atoms with E-state index >= 15 is 0 Å². The van der Waals surface area contributed by atoms with Crippen LogP contribution >= 0.6 is 35.3 Å². The minimum atomic E-state index is 0.359. The maximum Gasteiger partial charge on any atom is 0.141 e. The number of thioether (sulfide) groups is 3. The first kappa shape index (κ1) is 25.7. The van der Waals surface area contributed by atoms with Crippen LogP contribution in [-0.4, -0.2) is 10.1 Å². The summed E-state index contributed by atoms with van der Waals surface area (Å²) < 4.78 is 0. The number of benzene rings is 3. The van der Waals surface area contributed by atoms with Crippen LogP contribution in [0.2, 0.25) is 0 Å². The molecule has 0 aliphatic carbocycles. The molecule has 0 saturated carbocycles. The monoisotopic (exact) mass is 517 g/mol. The first-order valence-electron chi connectivity index (χ1n) is 11.8. The predicted octanol–water partition coefficient (Wildman–Crippen LogP) is 8.40. The van der Waals surface area contributed by atoms with E-state index in [4.69, 9.17) is 4.98 Å². The SMILES string of the molecule is Cc1nc(CSCc2ccccc2)c(CSCc2ccccc2)c(CSCc2ccccc2)c1O. The van der Waals surface area contributed by atoms with Crippen molar-refractivity contribution in [3.8, 4) is 5.75 Å². The highest BCUT2D eigenvalue weighted by molar-refractivity contribution is 7.98. The van der Waals surface area contributed by atoms with Crippen molar-refractivity contribution in [2.75, 3.05) is 0 Å². The number of rotatable bonds is 12. The molecule has 0 aliphatic rings. The fourth-order valence-corrected chi connectivity index (χ4v) is 6.92. The molecule has 0 amide bonds. The van der Waals surface area contributed by atoms with Gasteiger partial charge in [0.25, 0.3) is 0 Å². The Kier molecular flexibility index (Phi) is 10.1. The van der Waals surface area contributed by atoms with Crippen LogP contribution in [0.1, 0.15) is 39.2 Å². The van der Waals surface area contributed by atoms with Crippen LogP contribution in [0.5, 0.6) is 5.75 Å². The van der Waals surface area contributed by atoms with E-state index in [1.54, 1.807) is 0 Å². The Balaban J connectivity index is 1.51. The first-order chi connectivity index (χ1) is 17.2. The Morgan fingerprint density at radius 2 is 0.943 bits per heavy atom. The van der Waals surface area contributed by atoms with E-state index < -0.39 is 0 Å². The highest BCUT2D eigenvalue weighted by Crippen LogP contribution is 2.35. The molecule has 180 valence electrons. The summed E-state index contributed by atoms with van der Waals surface area (Å²) in [5.74, 6) is 5.65. The van der Waals surface area contributed by atoms with Crippen LogP contribution in [0.15, 0.2) is 91.0 Å². The van der Waals surface area contributed by atoms with Crippen LogP contribution in [0.25, 0.3) is 0 Å². The molecular weight excluding hydrogens is 487 g/mol. The van der Waals surface area contributed by atoms with E-state index in [9.17, 15) is 5.11 Å². The van der Waals surface area contributed by atoms with E-state index in [2.05, 4.69) is 84.9 Å². The molecule has 0 bridgehead atoms. The Bertz CT molecular complexity index is 1180. The first-order valence-corrected chi connectivity index (χ1v) is 15.2. The van der Waals surface area contributed by atoms with E-state index in [0.29, 0.717) is 5.75 Å². The summed E-state index contributed by atoms with van der Waals surface area (Å²) in [4.78, 5) is 4.86. The third-order valence-electron chi connectivity index (χ3n) is 5.71. The Morgan fingerprint density at radius 1 is 0.543 bits per heavy atom. The second-order valence-electron chi connectivity index (χ2n) is 8.38. The fraction of sp³-hybridized carbons (Fsp3) is 0.233. The fourth-order valence-electron chi connectivity index (χ4n) is 3.83. The highest BCUT2D eigenvalue weighted by Gasteiger charge is 2.18. The van der Waals surface area contributed by atoms with Gasteiger partial charge in [0.15, 0.2) is 0 Å². The molecule has 35 heavy (non-hydrogen) atoms. The van der Waals surface area contributed by atoms with E-state index in [-0.39, 0.29) is 0 Å². The number of pyridine rings is 1. The zero-order valence-electron chi connectivity index (χ0n) is 20.0. The largest absolute Gasteiger partial charge is 0.506 e. The maximum atomic E-state index is 11.0. The Labute approximate surface area is 222 Å². The van der Waals surface area contributed by atoms with E-state index in [1.165, 1.54) is 22.3 Å². The Morgan fingerprint density at radius 3 is 1.40 bits per heavy atom.